The van der Waals surface area contributed by atoms with Crippen molar-refractivity contribution < 1.29 is 8.42 Å². The van der Waals surface area contributed by atoms with E-state index in [2.05, 4.69) is 14.9 Å². The summed E-state index contributed by atoms with van der Waals surface area (Å²) in [6.45, 7) is 4.09. The zero-order valence-corrected chi connectivity index (χ0v) is 15.0. The molecule has 0 unspecified atom stereocenters. The van der Waals surface area contributed by atoms with Crippen molar-refractivity contribution in [2.75, 3.05) is 11.0 Å². The van der Waals surface area contributed by atoms with E-state index in [4.69, 9.17) is 0 Å². The van der Waals surface area contributed by atoms with Crippen molar-refractivity contribution in [2.45, 2.75) is 33.2 Å². The normalized spacial score (nSPS) is 11.8. The Morgan fingerprint density at radius 3 is 2.43 bits per heavy atom. The van der Waals surface area contributed by atoms with Crippen LogP contribution in [0, 0.1) is 0 Å². The number of sulfonamides is 1. The molecule has 0 aliphatic heterocycles. The van der Waals surface area contributed by atoms with Gasteiger partial charge in [0.25, 0.3) is 10.0 Å². The number of rotatable bonds is 6. The van der Waals surface area contributed by atoms with Crippen LogP contribution in [-0.2, 0) is 10.0 Å². The Balaban J connectivity index is 2.14. The van der Waals surface area contributed by atoms with Crippen LogP contribution in [0.5, 0.6) is 0 Å². The highest BCUT2D eigenvalue weighted by atomic mass is 32.2. The zero-order valence-electron chi connectivity index (χ0n) is 11.7. The van der Waals surface area contributed by atoms with Gasteiger partial charge in [0, 0.05) is 10.1 Å². The Labute approximate surface area is 137 Å². The van der Waals surface area contributed by atoms with Crippen molar-refractivity contribution in [1.82, 2.24) is 10.2 Å². The Morgan fingerprint density at radius 1 is 1.19 bits per heavy atom. The first-order chi connectivity index (χ1) is 9.90. The van der Waals surface area contributed by atoms with E-state index in [-0.39, 0.29) is 10.0 Å². The first-order valence-electron chi connectivity index (χ1n) is 6.08. The minimum Gasteiger partial charge on any atom is -0.253 e. The van der Waals surface area contributed by atoms with E-state index < -0.39 is 10.0 Å². The van der Waals surface area contributed by atoms with E-state index in [1.165, 1.54) is 11.3 Å². The van der Waals surface area contributed by atoms with E-state index in [0.29, 0.717) is 5.25 Å². The maximum atomic E-state index is 12.2. The average Bonchev–Trinajstić information content (AvgIpc) is 2.84. The van der Waals surface area contributed by atoms with Gasteiger partial charge in [-0.25, -0.2) is 8.42 Å². The molecule has 1 aromatic heterocycles. The highest BCUT2D eigenvalue weighted by Gasteiger charge is 2.17. The van der Waals surface area contributed by atoms with Crippen LogP contribution in [0.15, 0.2) is 38.4 Å². The second-order valence-corrected chi connectivity index (χ2v) is 9.68. The van der Waals surface area contributed by atoms with Crippen LogP contribution in [0.2, 0.25) is 0 Å². The molecule has 9 heteroatoms. The molecule has 1 aromatic carbocycles. The Hall–Kier alpha value is -0.770. The third-order valence-corrected chi connectivity index (χ3v) is 6.49. The molecule has 0 amide bonds. The predicted octanol–water partition coefficient (Wildman–Crippen LogP) is 3.56. The fourth-order valence-corrected chi connectivity index (χ4v) is 5.04. The molecular formula is C12H15N3O2S4. The van der Waals surface area contributed by atoms with Crippen molar-refractivity contribution in [3.63, 3.8) is 0 Å². The summed E-state index contributed by atoms with van der Waals surface area (Å²) in [4.78, 5) is 1.23. The molecule has 1 heterocycles. The largest absolute Gasteiger partial charge is 0.263 e. The molecule has 0 fully saturated rings. The molecule has 2 rings (SSSR count). The van der Waals surface area contributed by atoms with Crippen LogP contribution < -0.4 is 4.72 Å². The predicted molar refractivity (Wildman–Crippen MR) is 89.9 cm³/mol. The van der Waals surface area contributed by atoms with Gasteiger partial charge in [-0.15, -0.1) is 22.0 Å². The van der Waals surface area contributed by atoms with Crippen molar-refractivity contribution in [1.29, 1.82) is 0 Å². The second kappa shape index (κ2) is 6.99. The number of hydrogen-bond acceptors (Lipinski definition) is 7. The summed E-state index contributed by atoms with van der Waals surface area (Å²) < 4.78 is 27.7. The molecule has 0 aliphatic rings. The van der Waals surface area contributed by atoms with Gasteiger partial charge in [0.15, 0.2) is 4.34 Å². The summed E-state index contributed by atoms with van der Waals surface area (Å²) in [5, 5.41) is 8.49. The van der Waals surface area contributed by atoms with Crippen LogP contribution in [0.3, 0.4) is 0 Å². The summed E-state index contributed by atoms with van der Waals surface area (Å²) in [6.07, 6.45) is 1.94. The van der Waals surface area contributed by atoms with Crippen LogP contribution in [-0.4, -0.2) is 30.1 Å². The Bertz CT molecular complexity index is 696. The summed E-state index contributed by atoms with van der Waals surface area (Å²) in [5.74, 6) is 0. The van der Waals surface area contributed by atoms with Crippen molar-refractivity contribution >= 4 is 50.0 Å². The smallest absolute Gasteiger partial charge is 0.253 e. The highest BCUT2D eigenvalue weighted by Crippen LogP contribution is 2.29. The molecule has 0 saturated heterocycles. The van der Waals surface area contributed by atoms with E-state index in [1.54, 1.807) is 47.8 Å². The topological polar surface area (TPSA) is 72.0 Å². The van der Waals surface area contributed by atoms with Gasteiger partial charge in [0.2, 0.25) is 5.13 Å². The monoisotopic (exact) mass is 361 g/mol. The van der Waals surface area contributed by atoms with Gasteiger partial charge in [-0.1, -0.05) is 36.9 Å². The SMILES string of the molecule is CSc1ccc(S(=O)(=O)Nc2nnc(SC(C)C)s2)cc1. The second-order valence-electron chi connectivity index (χ2n) is 4.32. The van der Waals surface area contributed by atoms with Gasteiger partial charge in [0.1, 0.15) is 0 Å². The van der Waals surface area contributed by atoms with E-state index in [9.17, 15) is 8.42 Å². The van der Waals surface area contributed by atoms with Crippen molar-refractivity contribution in [3.05, 3.63) is 24.3 Å². The highest BCUT2D eigenvalue weighted by molar-refractivity contribution is 8.01. The number of thioether (sulfide) groups is 2. The lowest BCUT2D eigenvalue weighted by Gasteiger charge is -2.05. The lowest BCUT2D eigenvalue weighted by Crippen LogP contribution is -2.12. The van der Waals surface area contributed by atoms with Crippen molar-refractivity contribution in [2.24, 2.45) is 0 Å². The van der Waals surface area contributed by atoms with Crippen LogP contribution in [0.4, 0.5) is 5.13 Å². The fraction of sp³-hybridized carbons (Fsp3) is 0.333. The Morgan fingerprint density at radius 2 is 1.86 bits per heavy atom. The standard InChI is InChI=1S/C12H15N3O2S4/c1-8(2)19-12-14-13-11(20-12)15-21(16,17)10-6-4-9(18-3)5-7-10/h4-8H,1-3H3,(H,13,15). The van der Waals surface area contributed by atoms with Gasteiger partial charge >= 0.3 is 0 Å². The molecule has 0 atom stereocenters. The number of nitrogens with one attached hydrogen (secondary N) is 1. The van der Waals surface area contributed by atoms with Gasteiger partial charge < -0.3 is 0 Å². The fourth-order valence-electron chi connectivity index (χ4n) is 1.43. The molecule has 114 valence electrons. The summed E-state index contributed by atoms with van der Waals surface area (Å²) >= 11 is 4.35. The van der Waals surface area contributed by atoms with Crippen LogP contribution in [0.1, 0.15) is 13.8 Å². The number of benzene rings is 1. The molecule has 1 N–H and O–H groups in total. The lowest BCUT2D eigenvalue weighted by molar-refractivity contribution is 0.601. The molecule has 5 nitrogen and oxygen atoms in total. The minimum atomic E-state index is -3.61. The van der Waals surface area contributed by atoms with Gasteiger partial charge in [0.05, 0.1) is 4.90 Å². The maximum absolute atomic E-state index is 12.2. The van der Waals surface area contributed by atoms with Gasteiger partial charge in [-0.05, 0) is 30.5 Å². The minimum absolute atomic E-state index is 0.216. The van der Waals surface area contributed by atoms with Crippen molar-refractivity contribution in [3.8, 4) is 0 Å². The number of aromatic nitrogens is 2. The van der Waals surface area contributed by atoms with Gasteiger partial charge in [-0.2, -0.15) is 0 Å². The molecule has 0 spiro atoms. The number of nitrogens with zero attached hydrogens (tertiary/aromatic N) is 2. The molecule has 0 radical (unpaired) electrons. The summed E-state index contributed by atoms with van der Waals surface area (Å²) in [7, 11) is -3.61. The summed E-state index contributed by atoms with van der Waals surface area (Å²) in [6, 6.07) is 6.72. The zero-order chi connectivity index (χ0) is 15.5. The average molecular weight is 362 g/mol. The lowest BCUT2D eigenvalue weighted by atomic mass is 10.4. The molecular weight excluding hydrogens is 346 g/mol. The van der Waals surface area contributed by atoms with Gasteiger partial charge in [-0.3, -0.25) is 4.72 Å². The number of hydrogen-bond donors (Lipinski definition) is 1. The molecule has 0 saturated carbocycles. The number of anilines is 1. The van der Waals surface area contributed by atoms with E-state index in [0.717, 1.165) is 9.24 Å². The van der Waals surface area contributed by atoms with E-state index >= 15 is 0 Å². The first-order valence-corrected chi connectivity index (χ1v) is 10.5. The maximum Gasteiger partial charge on any atom is 0.263 e. The molecule has 2 aromatic rings. The third-order valence-electron chi connectivity index (χ3n) is 2.33. The van der Waals surface area contributed by atoms with Crippen LogP contribution in [0.25, 0.3) is 0 Å². The first kappa shape index (κ1) is 16.6. The third kappa shape index (κ3) is 4.60. The molecule has 21 heavy (non-hydrogen) atoms. The van der Waals surface area contributed by atoms with E-state index in [1.807, 2.05) is 20.1 Å². The Kier molecular flexibility index (Phi) is 5.53. The molecule has 0 bridgehead atoms. The van der Waals surface area contributed by atoms with Crippen LogP contribution >= 0.6 is 34.9 Å². The summed E-state index contributed by atoms with van der Waals surface area (Å²) in [5.41, 5.74) is 0. The quantitative estimate of drug-likeness (QED) is 0.793. The molecule has 0 aliphatic carbocycles.